The highest BCUT2D eigenvalue weighted by Gasteiger charge is 2.20. The molecule has 0 aromatic carbocycles. The van der Waals surface area contributed by atoms with Gasteiger partial charge in [-0.1, -0.05) is 13.8 Å². The van der Waals surface area contributed by atoms with Crippen molar-refractivity contribution in [1.29, 1.82) is 0 Å². The second-order valence-electron chi connectivity index (χ2n) is 7.57. The molecule has 6 heteroatoms. The minimum Gasteiger partial charge on any atom is -0.354 e. The summed E-state index contributed by atoms with van der Waals surface area (Å²) < 4.78 is 0. The molecule has 1 heterocycles. The molecule has 0 aromatic heterocycles. The molecule has 0 spiro atoms. The highest BCUT2D eigenvalue weighted by atomic mass is 16.2. The molecule has 1 aliphatic heterocycles. The third-order valence-electron chi connectivity index (χ3n) is 4.22. The fraction of sp³-hybridized carbons (Fsp3) is 0.889. The first-order chi connectivity index (χ1) is 11.4. The molecule has 2 unspecified atom stereocenters. The van der Waals surface area contributed by atoms with E-state index in [9.17, 15) is 9.59 Å². The predicted molar refractivity (Wildman–Crippen MR) is 97.9 cm³/mol. The number of hydrogen-bond donors (Lipinski definition) is 3. The Bertz CT molecular complexity index is 377. The van der Waals surface area contributed by atoms with Gasteiger partial charge in [-0.3, -0.25) is 4.79 Å². The number of amides is 3. The molecule has 6 nitrogen and oxygen atoms in total. The second-order valence-corrected chi connectivity index (χ2v) is 7.57. The number of carbonyl (C=O) groups excluding carboxylic acids is 2. The highest BCUT2D eigenvalue weighted by molar-refractivity contribution is 5.78. The number of nitrogens with zero attached hydrogens (tertiary/aromatic N) is 1. The van der Waals surface area contributed by atoms with Crippen molar-refractivity contribution in [3.63, 3.8) is 0 Å². The molecule has 3 amide bonds. The summed E-state index contributed by atoms with van der Waals surface area (Å²) in [6.07, 6.45) is 3.75. The van der Waals surface area contributed by atoms with Crippen LogP contribution < -0.4 is 16.0 Å². The minimum absolute atomic E-state index is 0.0321. The second kappa shape index (κ2) is 11.3. The van der Waals surface area contributed by atoms with Gasteiger partial charge in [-0.2, -0.15) is 0 Å². The largest absolute Gasteiger partial charge is 0.354 e. The summed E-state index contributed by atoms with van der Waals surface area (Å²) in [5.74, 6) is 1.56. The lowest BCUT2D eigenvalue weighted by Gasteiger charge is -2.34. The van der Waals surface area contributed by atoms with Crippen molar-refractivity contribution in [2.45, 2.75) is 59.4 Å². The SMILES string of the molecule is CC1CC(C)CN(CCCCNC(=O)NCCC(=O)NC(C)C)C1. The Morgan fingerprint density at radius 3 is 2.29 bits per heavy atom. The zero-order chi connectivity index (χ0) is 17.9. The van der Waals surface area contributed by atoms with Gasteiger partial charge >= 0.3 is 6.03 Å². The lowest BCUT2D eigenvalue weighted by atomic mass is 9.92. The first kappa shape index (κ1) is 20.7. The number of nitrogens with one attached hydrogen (secondary N) is 3. The van der Waals surface area contributed by atoms with Crippen LogP contribution in [0.5, 0.6) is 0 Å². The van der Waals surface area contributed by atoms with E-state index >= 15 is 0 Å². The van der Waals surface area contributed by atoms with Crippen LogP contribution >= 0.6 is 0 Å². The van der Waals surface area contributed by atoms with Crippen LogP contribution in [0.1, 0.15) is 53.4 Å². The van der Waals surface area contributed by atoms with E-state index in [2.05, 4.69) is 34.7 Å². The van der Waals surface area contributed by atoms with Crippen LogP contribution in [0.4, 0.5) is 4.79 Å². The molecular formula is C18H36N4O2. The van der Waals surface area contributed by atoms with Gasteiger partial charge in [-0.25, -0.2) is 4.79 Å². The van der Waals surface area contributed by atoms with Gasteiger partial charge in [0, 0.05) is 38.6 Å². The minimum atomic E-state index is -0.187. The smallest absolute Gasteiger partial charge is 0.314 e. The number of likely N-dealkylation sites (tertiary alicyclic amines) is 1. The molecule has 0 saturated carbocycles. The van der Waals surface area contributed by atoms with Gasteiger partial charge in [0.15, 0.2) is 0 Å². The summed E-state index contributed by atoms with van der Waals surface area (Å²) in [6.45, 7) is 13.1. The summed E-state index contributed by atoms with van der Waals surface area (Å²) in [4.78, 5) is 25.6. The number of rotatable bonds is 9. The van der Waals surface area contributed by atoms with Crippen molar-refractivity contribution in [1.82, 2.24) is 20.9 Å². The fourth-order valence-electron chi connectivity index (χ4n) is 3.38. The fourth-order valence-corrected chi connectivity index (χ4v) is 3.38. The van der Waals surface area contributed by atoms with E-state index in [4.69, 9.17) is 0 Å². The van der Waals surface area contributed by atoms with Crippen LogP contribution in [-0.2, 0) is 4.79 Å². The maximum atomic E-state index is 11.6. The summed E-state index contributed by atoms with van der Waals surface area (Å²) in [7, 11) is 0. The van der Waals surface area contributed by atoms with Crippen LogP contribution in [0.15, 0.2) is 0 Å². The van der Waals surface area contributed by atoms with Crippen LogP contribution in [0.3, 0.4) is 0 Å². The van der Waals surface area contributed by atoms with Gasteiger partial charge in [0.2, 0.25) is 5.91 Å². The molecule has 1 fully saturated rings. The molecule has 2 atom stereocenters. The Hall–Kier alpha value is -1.30. The number of urea groups is 1. The molecule has 0 aromatic rings. The molecular weight excluding hydrogens is 304 g/mol. The number of piperidine rings is 1. The van der Waals surface area contributed by atoms with Crippen LogP contribution in [0.25, 0.3) is 0 Å². The first-order valence-corrected chi connectivity index (χ1v) is 9.40. The molecule has 1 rings (SSSR count). The van der Waals surface area contributed by atoms with Crippen molar-refractivity contribution in [2.75, 3.05) is 32.7 Å². The van der Waals surface area contributed by atoms with E-state index in [1.807, 2.05) is 13.8 Å². The van der Waals surface area contributed by atoms with E-state index in [1.165, 1.54) is 19.5 Å². The Kier molecular flexibility index (Phi) is 9.76. The number of carbonyl (C=O) groups is 2. The standard InChI is InChI=1S/C18H36N4O2/c1-14(2)21-17(23)7-9-20-18(24)19-8-5-6-10-22-12-15(3)11-16(4)13-22/h14-16H,5-13H2,1-4H3,(H,21,23)(H2,19,20,24). The average molecular weight is 341 g/mol. The maximum absolute atomic E-state index is 11.6. The first-order valence-electron chi connectivity index (χ1n) is 9.40. The van der Waals surface area contributed by atoms with E-state index in [0.29, 0.717) is 19.5 Å². The third kappa shape index (κ3) is 9.75. The molecule has 0 radical (unpaired) electrons. The average Bonchev–Trinajstić information content (AvgIpc) is 2.45. The van der Waals surface area contributed by atoms with Gasteiger partial charge in [0.25, 0.3) is 0 Å². The quantitative estimate of drug-likeness (QED) is 0.562. The molecule has 0 bridgehead atoms. The van der Waals surface area contributed by atoms with Crippen LogP contribution in [0, 0.1) is 11.8 Å². The maximum Gasteiger partial charge on any atom is 0.314 e. The Morgan fingerprint density at radius 1 is 1.04 bits per heavy atom. The van der Waals surface area contributed by atoms with Gasteiger partial charge < -0.3 is 20.9 Å². The van der Waals surface area contributed by atoms with Crippen LogP contribution in [-0.4, -0.2) is 55.6 Å². The van der Waals surface area contributed by atoms with Gasteiger partial charge in [0.05, 0.1) is 0 Å². The molecule has 1 aliphatic rings. The molecule has 0 aliphatic carbocycles. The zero-order valence-electron chi connectivity index (χ0n) is 15.9. The number of unbranched alkanes of at least 4 members (excludes halogenated alkanes) is 1. The Balaban J connectivity index is 1.98. The molecule has 140 valence electrons. The zero-order valence-corrected chi connectivity index (χ0v) is 15.9. The summed E-state index contributed by atoms with van der Waals surface area (Å²) in [6, 6.07) is -0.0511. The Labute approximate surface area is 147 Å². The van der Waals surface area contributed by atoms with Crippen molar-refractivity contribution < 1.29 is 9.59 Å². The highest BCUT2D eigenvalue weighted by Crippen LogP contribution is 2.20. The van der Waals surface area contributed by atoms with Gasteiger partial charge in [-0.05, 0) is 51.5 Å². The van der Waals surface area contributed by atoms with E-state index in [-0.39, 0.29) is 18.0 Å². The monoisotopic (exact) mass is 340 g/mol. The van der Waals surface area contributed by atoms with E-state index in [0.717, 1.165) is 31.2 Å². The van der Waals surface area contributed by atoms with Crippen molar-refractivity contribution in [3.05, 3.63) is 0 Å². The van der Waals surface area contributed by atoms with Crippen molar-refractivity contribution in [2.24, 2.45) is 11.8 Å². The predicted octanol–water partition coefficient (Wildman–Crippen LogP) is 1.96. The normalized spacial score (nSPS) is 21.5. The molecule has 1 saturated heterocycles. The van der Waals surface area contributed by atoms with Gasteiger partial charge in [-0.15, -0.1) is 0 Å². The van der Waals surface area contributed by atoms with Crippen molar-refractivity contribution >= 4 is 11.9 Å². The summed E-state index contributed by atoms with van der Waals surface area (Å²) in [5.41, 5.74) is 0. The summed E-state index contributed by atoms with van der Waals surface area (Å²) >= 11 is 0. The van der Waals surface area contributed by atoms with Gasteiger partial charge in [0.1, 0.15) is 0 Å². The molecule has 3 N–H and O–H groups in total. The summed E-state index contributed by atoms with van der Waals surface area (Å²) in [5, 5.41) is 8.37. The third-order valence-corrected chi connectivity index (χ3v) is 4.22. The lowest BCUT2D eigenvalue weighted by Crippen LogP contribution is -2.40. The van der Waals surface area contributed by atoms with Crippen LogP contribution in [0.2, 0.25) is 0 Å². The van der Waals surface area contributed by atoms with E-state index in [1.54, 1.807) is 0 Å². The lowest BCUT2D eigenvalue weighted by molar-refractivity contribution is -0.121. The van der Waals surface area contributed by atoms with Crippen molar-refractivity contribution in [3.8, 4) is 0 Å². The topological polar surface area (TPSA) is 73.5 Å². The molecule has 24 heavy (non-hydrogen) atoms. The number of hydrogen-bond acceptors (Lipinski definition) is 3. The van der Waals surface area contributed by atoms with E-state index < -0.39 is 0 Å². The Morgan fingerprint density at radius 2 is 1.67 bits per heavy atom.